The summed E-state index contributed by atoms with van der Waals surface area (Å²) in [4.78, 5) is 0. The summed E-state index contributed by atoms with van der Waals surface area (Å²) >= 11 is 0. The highest BCUT2D eigenvalue weighted by molar-refractivity contribution is 6.73. The van der Waals surface area contributed by atoms with Gasteiger partial charge in [-0.3, -0.25) is 0 Å². The first kappa shape index (κ1) is 27.8. The van der Waals surface area contributed by atoms with Crippen LogP contribution >= 0.6 is 0 Å². The molecule has 4 nitrogen and oxygen atoms in total. The Bertz CT molecular complexity index is 864. The summed E-state index contributed by atoms with van der Waals surface area (Å²) in [7, 11) is -3.96. The fourth-order valence-electron chi connectivity index (χ4n) is 7.34. The highest BCUT2D eigenvalue weighted by Crippen LogP contribution is 2.61. The van der Waals surface area contributed by atoms with Gasteiger partial charge < -0.3 is 18.3 Å². The van der Waals surface area contributed by atoms with E-state index in [0.29, 0.717) is 12.5 Å². The van der Waals surface area contributed by atoms with Gasteiger partial charge in [0, 0.05) is 5.57 Å². The molecule has 0 saturated carbocycles. The molecule has 0 aromatic heterocycles. The van der Waals surface area contributed by atoms with Gasteiger partial charge in [-0.2, -0.15) is 0 Å². The van der Waals surface area contributed by atoms with E-state index in [-0.39, 0.29) is 17.6 Å². The maximum Gasteiger partial charge on any atom is 0.213 e. The van der Waals surface area contributed by atoms with Crippen molar-refractivity contribution in [1.82, 2.24) is 0 Å². The van der Waals surface area contributed by atoms with Crippen LogP contribution in [-0.4, -0.2) is 46.8 Å². The highest BCUT2D eigenvalue weighted by atomic mass is 28.4. The lowest BCUT2D eigenvalue weighted by Gasteiger charge is -2.59. The van der Waals surface area contributed by atoms with Crippen LogP contribution in [0.1, 0.15) is 80.6 Å². The minimum atomic E-state index is -1.99. The largest absolute Gasteiger partial charge is 0.405 e. The molecule has 1 saturated heterocycles. The molecule has 6 rings (SSSR count). The molecule has 200 valence electrons. The second-order valence-electron chi connectivity index (χ2n) is 13.4. The first-order valence-corrected chi connectivity index (χ1v) is 20.3. The first-order valence-electron chi connectivity index (χ1n) is 14.4. The molecule has 4 aliphatic heterocycles. The van der Waals surface area contributed by atoms with Gasteiger partial charge in [-0.1, -0.05) is 46.3 Å². The summed E-state index contributed by atoms with van der Waals surface area (Å²) < 4.78 is 29.0. The molecule has 0 aromatic rings. The van der Waals surface area contributed by atoms with E-state index in [0.717, 1.165) is 50.2 Å². The second kappa shape index (κ2) is 9.50. The summed E-state index contributed by atoms with van der Waals surface area (Å²) in [6, 6.07) is 3.33. The number of hydrogen-bond donors (Lipinski definition) is 0. The third-order valence-corrected chi connectivity index (χ3v) is 15.6. The third kappa shape index (κ3) is 4.63. The minimum Gasteiger partial charge on any atom is -0.405 e. The summed E-state index contributed by atoms with van der Waals surface area (Å²) in [5.74, 6) is -0.268. The molecule has 0 unspecified atom stereocenters. The smallest absolute Gasteiger partial charge is 0.213 e. The van der Waals surface area contributed by atoms with Crippen LogP contribution in [0.2, 0.25) is 37.8 Å². The predicted octanol–water partition coefficient (Wildman–Crippen LogP) is 7.98. The van der Waals surface area contributed by atoms with E-state index >= 15 is 0 Å². The third-order valence-electron chi connectivity index (χ3n) is 10.0. The SMILES string of the molecule is CC[Si](CC)(CC)O[C@@H]1[C@@]2(O[Si](C)(C)C)OCC3=C2[C@H]2C[C@@H](C)[C@@]3(C)CC/C(C)=C\CC[C@]1(C)O2. The highest BCUT2D eigenvalue weighted by Gasteiger charge is 2.68. The van der Waals surface area contributed by atoms with Gasteiger partial charge in [0.1, 0.15) is 6.10 Å². The maximum absolute atomic E-state index is 7.47. The number of hydrogen-bond acceptors (Lipinski definition) is 4. The summed E-state index contributed by atoms with van der Waals surface area (Å²) in [6.07, 6.45) is 7.57. The molecular weight excluding hydrogens is 468 g/mol. The molecule has 6 atom stereocenters. The molecule has 6 aliphatic rings. The monoisotopic (exact) mass is 520 g/mol. The van der Waals surface area contributed by atoms with Crippen LogP contribution in [-0.2, 0) is 18.3 Å². The number of rotatable bonds is 7. The van der Waals surface area contributed by atoms with Crippen LogP contribution in [0.4, 0.5) is 0 Å². The maximum atomic E-state index is 7.47. The Balaban J connectivity index is 1.98. The summed E-state index contributed by atoms with van der Waals surface area (Å²) in [5.41, 5.74) is 3.93. The molecule has 0 N–H and O–H groups in total. The lowest BCUT2D eigenvalue weighted by atomic mass is 9.60. The molecule has 6 heteroatoms. The van der Waals surface area contributed by atoms with Crippen LogP contribution in [0.5, 0.6) is 0 Å². The zero-order chi connectivity index (χ0) is 25.9. The zero-order valence-corrected chi connectivity index (χ0v) is 26.3. The average Bonchev–Trinajstić information content (AvgIpc) is 3.16. The van der Waals surface area contributed by atoms with E-state index in [2.05, 4.69) is 74.2 Å². The summed E-state index contributed by atoms with van der Waals surface area (Å²) in [6.45, 7) is 24.0. The standard InChI is InChI=1S/C29H52O4Si2/c1-11-35(12-2,13-3)32-26-28(7)17-14-15-21(4)16-18-27(6)22(5)19-24(31-28)25-23(27)20-30-29(25,26)33-34(8,9)10/h15,22,24,26H,11-14,16-20H2,1-10H3/b21-15-/t22-,24-,26+,27-,28+,29-/m1/s1. The lowest BCUT2D eigenvalue weighted by molar-refractivity contribution is -0.292. The van der Waals surface area contributed by atoms with E-state index in [1.54, 1.807) is 0 Å². The van der Waals surface area contributed by atoms with Gasteiger partial charge in [0.25, 0.3) is 0 Å². The van der Waals surface area contributed by atoms with Gasteiger partial charge in [-0.25, -0.2) is 0 Å². The van der Waals surface area contributed by atoms with Crippen molar-refractivity contribution in [1.29, 1.82) is 0 Å². The average molecular weight is 521 g/mol. The van der Waals surface area contributed by atoms with Crippen molar-refractivity contribution in [3.05, 3.63) is 22.8 Å². The Hall–Kier alpha value is -0.246. The van der Waals surface area contributed by atoms with E-state index in [9.17, 15) is 0 Å². The Kier molecular flexibility index (Phi) is 7.54. The van der Waals surface area contributed by atoms with Crippen molar-refractivity contribution >= 4 is 16.6 Å². The first-order chi connectivity index (χ1) is 16.3. The molecule has 0 amide bonds. The van der Waals surface area contributed by atoms with Gasteiger partial charge in [0.05, 0.1) is 18.3 Å². The van der Waals surface area contributed by atoms with E-state index in [1.807, 2.05) is 0 Å². The lowest BCUT2D eigenvalue weighted by Crippen LogP contribution is -2.70. The summed E-state index contributed by atoms with van der Waals surface area (Å²) in [5, 5.41) is 0. The van der Waals surface area contributed by atoms with Crippen LogP contribution < -0.4 is 0 Å². The normalized spacial score (nSPS) is 41.5. The molecule has 0 aromatic carbocycles. The molecule has 0 radical (unpaired) electrons. The Labute approximate surface area is 217 Å². The number of ether oxygens (including phenoxy) is 2. The van der Waals surface area contributed by atoms with Crippen molar-refractivity contribution < 1.29 is 18.3 Å². The topological polar surface area (TPSA) is 36.9 Å². The van der Waals surface area contributed by atoms with Crippen molar-refractivity contribution in [2.24, 2.45) is 11.3 Å². The fourth-order valence-corrected chi connectivity index (χ4v) is 11.4. The van der Waals surface area contributed by atoms with Crippen LogP contribution in [0.25, 0.3) is 0 Å². The van der Waals surface area contributed by atoms with Gasteiger partial charge in [-0.15, -0.1) is 0 Å². The van der Waals surface area contributed by atoms with Gasteiger partial charge in [0.2, 0.25) is 5.79 Å². The van der Waals surface area contributed by atoms with Crippen molar-refractivity contribution in [2.75, 3.05) is 6.61 Å². The Morgan fingerprint density at radius 2 is 1.71 bits per heavy atom. The van der Waals surface area contributed by atoms with E-state index in [4.69, 9.17) is 18.3 Å². The van der Waals surface area contributed by atoms with Gasteiger partial charge in [0.15, 0.2) is 16.6 Å². The number of allylic oxidation sites excluding steroid dienone is 2. The molecule has 4 heterocycles. The quantitative estimate of drug-likeness (QED) is 0.252. The molecular formula is C29H52O4Si2. The van der Waals surface area contributed by atoms with Gasteiger partial charge >= 0.3 is 0 Å². The molecule has 35 heavy (non-hydrogen) atoms. The van der Waals surface area contributed by atoms with Gasteiger partial charge in [-0.05, 0) is 101 Å². The second-order valence-corrected chi connectivity index (χ2v) is 22.5. The minimum absolute atomic E-state index is 0.0576. The Morgan fingerprint density at radius 1 is 1.06 bits per heavy atom. The van der Waals surface area contributed by atoms with Crippen LogP contribution in [0.3, 0.4) is 0 Å². The molecule has 0 spiro atoms. The number of fused-ring (bicyclic) bond motifs is 1. The molecule has 6 bridgehead atoms. The van der Waals surface area contributed by atoms with Crippen molar-refractivity contribution in [3.63, 3.8) is 0 Å². The van der Waals surface area contributed by atoms with Crippen molar-refractivity contribution in [3.8, 4) is 0 Å². The van der Waals surface area contributed by atoms with E-state index < -0.39 is 28.0 Å². The van der Waals surface area contributed by atoms with Crippen LogP contribution in [0.15, 0.2) is 22.8 Å². The molecule has 1 fully saturated rings. The predicted molar refractivity (Wildman–Crippen MR) is 150 cm³/mol. The Morgan fingerprint density at radius 3 is 2.31 bits per heavy atom. The molecule has 2 aliphatic carbocycles. The zero-order valence-electron chi connectivity index (χ0n) is 24.3. The van der Waals surface area contributed by atoms with Crippen molar-refractivity contribution in [2.45, 2.75) is 142 Å². The van der Waals surface area contributed by atoms with Crippen LogP contribution in [0, 0.1) is 11.3 Å². The fraction of sp³-hybridized carbons (Fsp3) is 0.862. The van der Waals surface area contributed by atoms with E-state index in [1.165, 1.54) is 16.7 Å².